The average molecular weight is 344 g/mol. The van der Waals surface area contributed by atoms with Gasteiger partial charge < -0.3 is 15.7 Å². The molecule has 0 spiro atoms. The molecule has 6 nitrogen and oxygen atoms in total. The summed E-state index contributed by atoms with van der Waals surface area (Å²) in [7, 11) is 0. The van der Waals surface area contributed by atoms with E-state index in [0.29, 0.717) is 24.2 Å². The van der Waals surface area contributed by atoms with Crippen LogP contribution in [0.5, 0.6) is 0 Å². The third-order valence-corrected chi connectivity index (χ3v) is 5.13. The molecule has 0 bridgehead atoms. The van der Waals surface area contributed by atoms with Crippen molar-refractivity contribution in [1.82, 2.24) is 0 Å². The van der Waals surface area contributed by atoms with Gasteiger partial charge in [0.1, 0.15) is 0 Å². The molecule has 1 aromatic carbocycles. The summed E-state index contributed by atoms with van der Waals surface area (Å²) in [6.45, 7) is 0. The van der Waals surface area contributed by atoms with Crippen molar-refractivity contribution in [2.75, 3.05) is 10.6 Å². The Morgan fingerprint density at radius 1 is 1.04 bits per heavy atom. The molecule has 3 rings (SSSR count). The zero-order chi connectivity index (χ0) is 17.9. The lowest BCUT2D eigenvalue weighted by Gasteiger charge is -2.32. The molecule has 2 saturated carbocycles. The zero-order valence-electron chi connectivity index (χ0n) is 14.2. The van der Waals surface area contributed by atoms with Crippen molar-refractivity contribution < 1.29 is 19.5 Å². The van der Waals surface area contributed by atoms with Gasteiger partial charge in [0, 0.05) is 23.7 Å². The standard InChI is InChI=1S/C19H24N2O4/c22-16(12-19(18(24)25)9-2-1-3-10-19)20-14-5-4-6-15(11-14)21-17(23)13-7-8-13/h4-6,11,13H,1-3,7-10,12H2,(H,20,22)(H,21,23)(H,24,25). The Kier molecular flexibility index (Phi) is 5.06. The van der Waals surface area contributed by atoms with Crippen LogP contribution in [0.4, 0.5) is 11.4 Å². The molecule has 6 heteroatoms. The predicted octanol–water partition coefficient (Wildman–Crippen LogP) is 3.40. The Balaban J connectivity index is 1.62. The van der Waals surface area contributed by atoms with Gasteiger partial charge in [-0.15, -0.1) is 0 Å². The van der Waals surface area contributed by atoms with Crippen LogP contribution < -0.4 is 10.6 Å². The highest BCUT2D eigenvalue weighted by molar-refractivity contribution is 5.97. The smallest absolute Gasteiger partial charge is 0.310 e. The fourth-order valence-electron chi connectivity index (χ4n) is 3.47. The maximum absolute atomic E-state index is 12.4. The number of carboxylic acids is 1. The van der Waals surface area contributed by atoms with E-state index in [2.05, 4.69) is 10.6 Å². The molecular weight excluding hydrogens is 320 g/mol. The van der Waals surface area contributed by atoms with Crippen LogP contribution >= 0.6 is 0 Å². The van der Waals surface area contributed by atoms with E-state index in [9.17, 15) is 19.5 Å². The van der Waals surface area contributed by atoms with Gasteiger partial charge in [0.2, 0.25) is 11.8 Å². The molecule has 0 aromatic heterocycles. The topological polar surface area (TPSA) is 95.5 Å². The van der Waals surface area contributed by atoms with Gasteiger partial charge in [0.15, 0.2) is 0 Å². The van der Waals surface area contributed by atoms with E-state index < -0.39 is 11.4 Å². The molecule has 0 atom stereocenters. The van der Waals surface area contributed by atoms with Crippen LogP contribution in [0.2, 0.25) is 0 Å². The lowest BCUT2D eigenvalue weighted by Crippen LogP contribution is -2.37. The third-order valence-electron chi connectivity index (χ3n) is 5.13. The lowest BCUT2D eigenvalue weighted by atomic mass is 9.71. The van der Waals surface area contributed by atoms with Crippen LogP contribution in [0.1, 0.15) is 51.4 Å². The molecule has 3 N–H and O–H groups in total. The maximum Gasteiger partial charge on any atom is 0.310 e. The van der Waals surface area contributed by atoms with E-state index in [1.807, 2.05) is 0 Å². The number of rotatable bonds is 6. The summed E-state index contributed by atoms with van der Waals surface area (Å²) in [4.78, 5) is 35.9. The minimum atomic E-state index is -0.944. The molecule has 0 unspecified atom stereocenters. The van der Waals surface area contributed by atoms with Gasteiger partial charge in [-0.3, -0.25) is 14.4 Å². The second-order valence-corrected chi connectivity index (χ2v) is 7.22. The van der Waals surface area contributed by atoms with Crippen LogP contribution in [-0.4, -0.2) is 22.9 Å². The van der Waals surface area contributed by atoms with Gasteiger partial charge in [-0.2, -0.15) is 0 Å². The zero-order valence-corrected chi connectivity index (χ0v) is 14.2. The number of amides is 2. The summed E-state index contributed by atoms with van der Waals surface area (Å²) in [5.41, 5.74) is 0.260. The lowest BCUT2D eigenvalue weighted by molar-refractivity contribution is -0.153. The van der Waals surface area contributed by atoms with Gasteiger partial charge in [-0.1, -0.05) is 25.3 Å². The Labute approximate surface area is 147 Å². The summed E-state index contributed by atoms with van der Waals surface area (Å²) in [5, 5.41) is 15.2. The molecule has 134 valence electrons. The first-order valence-corrected chi connectivity index (χ1v) is 8.93. The fraction of sp³-hybridized carbons (Fsp3) is 0.526. The summed E-state index contributed by atoms with van der Waals surface area (Å²) in [6, 6.07) is 6.97. The number of carbonyl (C=O) groups is 3. The highest BCUT2D eigenvalue weighted by Gasteiger charge is 2.41. The predicted molar refractivity (Wildman–Crippen MR) is 94.2 cm³/mol. The van der Waals surface area contributed by atoms with Crippen LogP contribution in [0.25, 0.3) is 0 Å². The second kappa shape index (κ2) is 7.25. The van der Waals surface area contributed by atoms with Crippen LogP contribution in [0.15, 0.2) is 24.3 Å². The molecule has 2 amide bonds. The minimum absolute atomic E-state index is 0.00973. The van der Waals surface area contributed by atoms with Crippen molar-refractivity contribution in [1.29, 1.82) is 0 Å². The van der Waals surface area contributed by atoms with Crippen molar-refractivity contribution in [2.45, 2.75) is 51.4 Å². The van der Waals surface area contributed by atoms with E-state index in [4.69, 9.17) is 0 Å². The molecule has 0 radical (unpaired) electrons. The van der Waals surface area contributed by atoms with E-state index >= 15 is 0 Å². The molecule has 2 aliphatic carbocycles. The maximum atomic E-state index is 12.4. The second-order valence-electron chi connectivity index (χ2n) is 7.22. The average Bonchev–Trinajstić information content (AvgIpc) is 3.40. The summed E-state index contributed by atoms with van der Waals surface area (Å²) < 4.78 is 0. The highest BCUT2D eigenvalue weighted by Crippen LogP contribution is 2.40. The van der Waals surface area contributed by atoms with Gasteiger partial charge in [0.25, 0.3) is 0 Å². The molecular formula is C19H24N2O4. The summed E-state index contributed by atoms with van der Waals surface area (Å²) >= 11 is 0. The highest BCUT2D eigenvalue weighted by atomic mass is 16.4. The van der Waals surface area contributed by atoms with Crippen LogP contribution in [0.3, 0.4) is 0 Å². The van der Waals surface area contributed by atoms with Gasteiger partial charge in [-0.05, 0) is 43.9 Å². The monoisotopic (exact) mass is 344 g/mol. The number of hydrogen-bond acceptors (Lipinski definition) is 3. The first-order chi connectivity index (χ1) is 12.0. The Hall–Kier alpha value is -2.37. The third kappa shape index (κ3) is 4.38. The van der Waals surface area contributed by atoms with E-state index in [1.165, 1.54) is 0 Å². The number of aliphatic carboxylic acids is 1. The molecule has 0 aliphatic heterocycles. The van der Waals surface area contributed by atoms with Crippen molar-refractivity contribution in [3.05, 3.63) is 24.3 Å². The minimum Gasteiger partial charge on any atom is -0.481 e. The Bertz CT molecular complexity index is 676. The Morgan fingerprint density at radius 3 is 2.28 bits per heavy atom. The largest absolute Gasteiger partial charge is 0.481 e. The number of hydrogen-bond donors (Lipinski definition) is 3. The molecule has 0 saturated heterocycles. The Morgan fingerprint density at radius 2 is 1.68 bits per heavy atom. The van der Waals surface area contributed by atoms with Gasteiger partial charge >= 0.3 is 5.97 Å². The quantitative estimate of drug-likeness (QED) is 0.737. The molecule has 1 aromatic rings. The number of carbonyl (C=O) groups excluding carboxylic acids is 2. The van der Waals surface area contributed by atoms with Gasteiger partial charge in [0.05, 0.1) is 5.41 Å². The van der Waals surface area contributed by atoms with E-state index in [0.717, 1.165) is 32.1 Å². The summed E-state index contributed by atoms with van der Waals surface area (Å²) in [6.07, 6.45) is 5.67. The summed E-state index contributed by atoms with van der Waals surface area (Å²) in [5.74, 6) is -1.06. The number of nitrogens with one attached hydrogen (secondary N) is 2. The van der Waals surface area contributed by atoms with E-state index in [1.54, 1.807) is 24.3 Å². The van der Waals surface area contributed by atoms with Crippen molar-refractivity contribution in [3.63, 3.8) is 0 Å². The van der Waals surface area contributed by atoms with Gasteiger partial charge in [-0.25, -0.2) is 0 Å². The molecule has 2 aliphatic rings. The number of anilines is 2. The van der Waals surface area contributed by atoms with Crippen molar-refractivity contribution in [3.8, 4) is 0 Å². The molecule has 25 heavy (non-hydrogen) atoms. The fourth-order valence-corrected chi connectivity index (χ4v) is 3.47. The molecule has 2 fully saturated rings. The number of carboxylic acid groups (broad SMARTS) is 1. The van der Waals surface area contributed by atoms with E-state index in [-0.39, 0.29) is 24.2 Å². The molecule has 0 heterocycles. The normalized spacial score (nSPS) is 19.0. The first kappa shape index (κ1) is 17.5. The van der Waals surface area contributed by atoms with Crippen molar-refractivity contribution >= 4 is 29.2 Å². The van der Waals surface area contributed by atoms with Crippen molar-refractivity contribution in [2.24, 2.45) is 11.3 Å². The first-order valence-electron chi connectivity index (χ1n) is 8.93. The van der Waals surface area contributed by atoms with Crippen LogP contribution in [0, 0.1) is 11.3 Å². The SMILES string of the molecule is O=C(CC1(C(=O)O)CCCCC1)Nc1cccc(NC(=O)C2CC2)c1. The number of benzene rings is 1. The van der Waals surface area contributed by atoms with Crippen LogP contribution in [-0.2, 0) is 14.4 Å².